The molecular weight excluding hydrogens is 1350 g/mol. The van der Waals surface area contributed by atoms with E-state index >= 15 is 4.79 Å². The molecule has 0 aliphatic carbocycles. The lowest BCUT2D eigenvalue weighted by molar-refractivity contribution is -0.365. The third-order valence-electron chi connectivity index (χ3n) is 17.4. The summed E-state index contributed by atoms with van der Waals surface area (Å²) in [7, 11) is 0. The Balaban J connectivity index is 1.04. The van der Waals surface area contributed by atoms with Gasteiger partial charge in [0.05, 0.1) is 66.4 Å². The van der Waals surface area contributed by atoms with Crippen LogP contribution >= 0.6 is 0 Å². The van der Waals surface area contributed by atoms with Crippen molar-refractivity contribution >= 4 is 35.8 Å². The van der Waals surface area contributed by atoms with Crippen LogP contribution in [0.2, 0.25) is 0 Å². The van der Waals surface area contributed by atoms with E-state index in [1.807, 2.05) is 6.07 Å². The summed E-state index contributed by atoms with van der Waals surface area (Å²) >= 11 is 0. The highest BCUT2D eigenvalue weighted by atomic mass is 16.8. The average Bonchev–Trinajstić information content (AvgIpc) is 0.765. The fourth-order valence-corrected chi connectivity index (χ4v) is 12.1. The van der Waals surface area contributed by atoms with E-state index in [9.17, 15) is 34.2 Å². The third kappa shape index (κ3) is 20.7. The van der Waals surface area contributed by atoms with Gasteiger partial charge in [0.2, 0.25) is 0 Å². The molecule has 0 unspecified atom stereocenters. The van der Waals surface area contributed by atoms with Crippen LogP contribution in [0.4, 0.5) is 0 Å². The zero-order valence-corrected chi connectivity index (χ0v) is 56.9. The average molecular weight is 1430 g/mol. The summed E-state index contributed by atoms with van der Waals surface area (Å²) in [5.74, 6) is -5.66. The highest BCUT2D eigenvalue weighted by Gasteiger charge is 2.59. The number of benzene rings is 8. The van der Waals surface area contributed by atoms with Crippen LogP contribution in [0.15, 0.2) is 248 Å². The number of unbranched alkanes of at least 4 members (excludes halogenated alkanes) is 3. The Labute approximate surface area is 605 Å². The van der Waals surface area contributed by atoms with E-state index in [1.54, 1.807) is 164 Å². The van der Waals surface area contributed by atoms with Gasteiger partial charge in [-0.3, -0.25) is 0 Å². The molecule has 3 aliphatic heterocycles. The number of carbonyl (C=O) groups excluding carboxylic acids is 6. The molecule has 11 rings (SSSR count). The minimum Gasteiger partial charge on any atom is -0.453 e. The Morgan fingerprint density at radius 2 is 0.638 bits per heavy atom. The first-order valence-corrected chi connectivity index (χ1v) is 34.4. The van der Waals surface area contributed by atoms with E-state index in [4.69, 9.17) is 71.8 Å². The molecule has 3 saturated heterocycles. The molecule has 25 heteroatoms. The summed E-state index contributed by atoms with van der Waals surface area (Å²) < 4.78 is 92.9. The molecule has 8 aromatic carbocycles. The lowest BCUT2D eigenvalue weighted by Crippen LogP contribution is -2.67. The number of esters is 6. The van der Waals surface area contributed by atoms with E-state index in [2.05, 4.69) is 10.0 Å². The number of nitrogens with zero attached hydrogens (tertiary/aromatic N) is 3. The van der Waals surface area contributed by atoms with Crippen LogP contribution < -0.4 is 0 Å². The molecule has 105 heavy (non-hydrogen) atoms. The van der Waals surface area contributed by atoms with Crippen LogP contribution in [0.25, 0.3) is 10.4 Å². The second-order valence-electron chi connectivity index (χ2n) is 24.6. The second-order valence-corrected chi connectivity index (χ2v) is 24.6. The number of rotatable bonds is 33. The number of azide groups is 1. The van der Waals surface area contributed by atoms with Crippen molar-refractivity contribution in [3.05, 3.63) is 298 Å². The number of hydrogen-bond donors (Lipinski definition) is 2. The Bertz CT molecular complexity index is 4080. The molecule has 3 fully saturated rings. The molecule has 2 N–H and O–H groups in total. The summed E-state index contributed by atoms with van der Waals surface area (Å²) in [5, 5.41) is 26.6. The van der Waals surface area contributed by atoms with Crippen molar-refractivity contribution in [2.24, 2.45) is 5.11 Å². The number of ether oxygens (including phenoxy) is 14. The van der Waals surface area contributed by atoms with Crippen LogP contribution in [0.3, 0.4) is 0 Å². The van der Waals surface area contributed by atoms with Gasteiger partial charge >= 0.3 is 35.8 Å². The fourth-order valence-electron chi connectivity index (χ4n) is 12.1. The SMILES string of the molecule is [N-]=[N+]=NCCCCCCO[C@H]1O[C@H](CO[C@H]2O[C@H](CO)[C@@H](OCc3ccccc3)[C@H](OC(=O)c3ccccc3)[C@@H]2OC(=O)c2ccccc2)[C@@H](OC(=O)c2ccccc2)[C@H](O[C@H]2O[C@H](CO)[C@@H](OCc3ccccc3)[C@H](OC(=O)c3ccccc3)[C@@H]2OC(=O)c2ccccc2)[C@@H]1OC(=O)c1ccccc1. The largest absolute Gasteiger partial charge is 0.453 e. The van der Waals surface area contributed by atoms with E-state index in [1.165, 1.54) is 72.8 Å². The van der Waals surface area contributed by atoms with Gasteiger partial charge in [0.15, 0.2) is 55.5 Å². The van der Waals surface area contributed by atoms with Crippen molar-refractivity contribution in [2.45, 2.75) is 131 Å². The van der Waals surface area contributed by atoms with Gasteiger partial charge in [-0.1, -0.05) is 188 Å². The molecule has 3 heterocycles. The molecule has 0 spiro atoms. The number of aliphatic hydroxyl groups is 2. The maximum absolute atomic E-state index is 15.1. The standard InChI is InChI=1S/C80H79N3O22/c81-83-82-45-27-1-2-28-46-92-78-70(103-76(90)58-41-23-9-24-42-58)68(105-80-71(104-77(91)59-43-25-10-26-44-59)67(101-74(88)56-37-19-7-20-38-56)64(61(48-85)97-80)94-50-53-31-13-4-14-32-53)65(99-72(86)54-33-15-5-16-34-54)62(98-78)51-95-79-69(102-75(89)57-39-21-8-22-40-57)66(100-73(87)55-35-17-6-18-36-55)63(60(47-84)96-79)93-49-52-29-11-3-12-30-52/h3-26,29-44,60-71,78-80,84-85H,1-2,27-28,45-51H2/t60-,61-,62-,63-,64-,65-,66+,67+,68+,69+,70+,71+,78+,79+,80-/m1/s1. The van der Waals surface area contributed by atoms with Gasteiger partial charge in [-0.25, -0.2) is 28.8 Å². The molecule has 0 aromatic heterocycles. The summed E-state index contributed by atoms with van der Waals surface area (Å²) in [4.78, 5) is 91.4. The van der Waals surface area contributed by atoms with Crippen LogP contribution in [0.1, 0.15) is 99.0 Å². The first kappa shape index (κ1) is 75.6. The van der Waals surface area contributed by atoms with Gasteiger partial charge < -0.3 is 76.5 Å². The van der Waals surface area contributed by atoms with E-state index in [0.717, 1.165) is 0 Å². The molecule has 15 atom stereocenters. The topological polar surface area (TPSA) is 321 Å². The van der Waals surface area contributed by atoms with Crippen molar-refractivity contribution < 1.29 is 105 Å². The monoisotopic (exact) mass is 1430 g/mol. The van der Waals surface area contributed by atoms with E-state index < -0.39 is 148 Å². The maximum atomic E-state index is 15.1. The Morgan fingerprint density at radius 3 is 1.01 bits per heavy atom. The summed E-state index contributed by atoms with van der Waals surface area (Å²) in [6.45, 7) is -2.54. The van der Waals surface area contributed by atoms with Crippen LogP contribution in [-0.4, -0.2) is 171 Å². The molecule has 8 aromatic rings. The highest BCUT2D eigenvalue weighted by molar-refractivity contribution is 5.92. The zero-order chi connectivity index (χ0) is 73.1. The Hall–Kier alpha value is -10.5. The molecule has 546 valence electrons. The van der Waals surface area contributed by atoms with Crippen LogP contribution in [-0.2, 0) is 79.5 Å². The number of carbonyl (C=O) groups is 6. The summed E-state index contributed by atoms with van der Waals surface area (Å²) in [5.41, 5.74) is 10.6. The lowest BCUT2D eigenvalue weighted by Gasteiger charge is -2.49. The number of aliphatic hydroxyl groups excluding tert-OH is 2. The van der Waals surface area contributed by atoms with Crippen LogP contribution in [0.5, 0.6) is 0 Å². The third-order valence-corrected chi connectivity index (χ3v) is 17.4. The quantitative estimate of drug-likeness (QED) is 0.00964. The van der Waals surface area contributed by atoms with Crippen molar-refractivity contribution in [1.82, 2.24) is 0 Å². The van der Waals surface area contributed by atoms with Crippen molar-refractivity contribution in [2.75, 3.05) is 33.0 Å². The van der Waals surface area contributed by atoms with Gasteiger partial charge in [-0.05, 0) is 102 Å². The molecular formula is C80H79N3O22. The predicted molar refractivity (Wildman–Crippen MR) is 373 cm³/mol. The van der Waals surface area contributed by atoms with Gasteiger partial charge in [0, 0.05) is 18.1 Å². The van der Waals surface area contributed by atoms with Gasteiger partial charge in [-0.15, -0.1) is 0 Å². The molecule has 0 radical (unpaired) electrons. The van der Waals surface area contributed by atoms with E-state index in [0.29, 0.717) is 36.8 Å². The molecule has 0 saturated carbocycles. The van der Waals surface area contributed by atoms with Crippen molar-refractivity contribution in [1.29, 1.82) is 0 Å². The Kier molecular flexibility index (Phi) is 28.0. The lowest BCUT2D eigenvalue weighted by atomic mass is 9.95. The molecule has 25 nitrogen and oxygen atoms in total. The second kappa shape index (κ2) is 38.8. The van der Waals surface area contributed by atoms with E-state index in [-0.39, 0.29) is 59.7 Å². The van der Waals surface area contributed by atoms with Crippen molar-refractivity contribution in [3.63, 3.8) is 0 Å². The van der Waals surface area contributed by atoms with Gasteiger partial charge in [0.1, 0.15) is 36.6 Å². The number of hydrogen-bond acceptors (Lipinski definition) is 23. The summed E-state index contributed by atoms with van der Waals surface area (Å²) in [6.07, 6.45) is -23.7. The molecule has 0 amide bonds. The normalized spacial score (nSPS) is 24.2. The predicted octanol–water partition coefficient (Wildman–Crippen LogP) is 11.0. The van der Waals surface area contributed by atoms with Gasteiger partial charge in [-0.2, -0.15) is 0 Å². The smallest absolute Gasteiger partial charge is 0.338 e. The minimum absolute atomic E-state index is 0.00159. The highest BCUT2D eigenvalue weighted by Crippen LogP contribution is 2.39. The van der Waals surface area contributed by atoms with Crippen LogP contribution in [0, 0.1) is 0 Å². The van der Waals surface area contributed by atoms with Gasteiger partial charge in [0.25, 0.3) is 0 Å². The first-order chi connectivity index (χ1) is 51.5. The first-order valence-electron chi connectivity index (χ1n) is 34.4. The molecule has 0 bridgehead atoms. The minimum atomic E-state index is -2.03. The molecule has 3 aliphatic rings. The summed E-state index contributed by atoms with van der Waals surface area (Å²) in [6, 6.07) is 65.2. The Morgan fingerprint density at radius 1 is 0.333 bits per heavy atom. The zero-order valence-electron chi connectivity index (χ0n) is 56.9. The maximum Gasteiger partial charge on any atom is 0.338 e. The fraction of sp³-hybridized carbons (Fsp3) is 0.325. The van der Waals surface area contributed by atoms with Crippen molar-refractivity contribution in [3.8, 4) is 0 Å².